The molecule has 0 saturated heterocycles. The predicted octanol–water partition coefficient (Wildman–Crippen LogP) is -1.68. The van der Waals surface area contributed by atoms with Gasteiger partial charge in [-0.15, -0.1) is 0 Å². The fourth-order valence-electron chi connectivity index (χ4n) is 2.63. The summed E-state index contributed by atoms with van der Waals surface area (Å²) in [6.45, 7) is 8.32. The van der Waals surface area contributed by atoms with Gasteiger partial charge in [0.05, 0.1) is 0 Å². The van der Waals surface area contributed by atoms with Crippen molar-refractivity contribution >= 4 is 17.8 Å². The molecule has 0 radical (unpaired) electrons. The molecule has 0 aromatic carbocycles. The molecule has 156 valence electrons. The quantitative estimate of drug-likeness (QED) is 0.265. The SMILES string of the molecule is CC(O)N(c1nc(N(C(C)O)C(C)O)nc(N(C(C)O)C(C)O)n1)C(C)O. The second-order valence-corrected chi connectivity index (χ2v) is 6.25. The van der Waals surface area contributed by atoms with E-state index < -0.39 is 37.4 Å². The Morgan fingerprint density at radius 1 is 0.444 bits per heavy atom. The molecular formula is C15H30N6O6. The summed E-state index contributed by atoms with van der Waals surface area (Å²) in [4.78, 5) is 15.5. The van der Waals surface area contributed by atoms with Gasteiger partial charge in [0.1, 0.15) is 37.4 Å². The Kier molecular flexibility index (Phi) is 8.07. The van der Waals surface area contributed by atoms with Crippen LogP contribution >= 0.6 is 0 Å². The summed E-state index contributed by atoms with van der Waals surface area (Å²) in [5, 5.41) is 59.8. The third-order valence-corrected chi connectivity index (χ3v) is 3.71. The van der Waals surface area contributed by atoms with Gasteiger partial charge in [-0.2, -0.15) is 15.0 Å². The summed E-state index contributed by atoms with van der Waals surface area (Å²) >= 11 is 0. The Balaban J connectivity index is 3.69. The highest BCUT2D eigenvalue weighted by molar-refractivity contribution is 5.47. The molecule has 0 aliphatic heterocycles. The first-order valence-electron chi connectivity index (χ1n) is 8.57. The van der Waals surface area contributed by atoms with Crippen molar-refractivity contribution in [3.8, 4) is 0 Å². The number of anilines is 3. The zero-order valence-corrected chi connectivity index (χ0v) is 16.3. The summed E-state index contributed by atoms with van der Waals surface area (Å²) in [5.41, 5.74) is 0. The number of aromatic nitrogens is 3. The van der Waals surface area contributed by atoms with Crippen molar-refractivity contribution in [3.63, 3.8) is 0 Å². The highest BCUT2D eigenvalue weighted by atomic mass is 16.3. The molecule has 0 spiro atoms. The Hall–Kier alpha value is -1.83. The van der Waals surface area contributed by atoms with Crippen LogP contribution in [0.25, 0.3) is 0 Å². The van der Waals surface area contributed by atoms with Crippen LogP contribution in [0.15, 0.2) is 0 Å². The lowest BCUT2D eigenvalue weighted by atomic mass is 10.4. The van der Waals surface area contributed by atoms with Crippen LogP contribution in [0.1, 0.15) is 41.5 Å². The zero-order chi connectivity index (χ0) is 21.0. The van der Waals surface area contributed by atoms with Gasteiger partial charge < -0.3 is 30.6 Å². The van der Waals surface area contributed by atoms with Crippen LogP contribution in [0.4, 0.5) is 17.8 Å². The average molecular weight is 390 g/mol. The minimum absolute atomic E-state index is 0.183. The number of hydrogen-bond acceptors (Lipinski definition) is 12. The van der Waals surface area contributed by atoms with Crippen LogP contribution < -0.4 is 14.7 Å². The minimum Gasteiger partial charge on any atom is -0.374 e. The molecule has 6 unspecified atom stereocenters. The standard InChI is InChI=1S/C15H30N6O6/c1-7(22)19(8(2)23)13-16-14(20(9(3)24)10(4)25)18-15(17-13)21(11(5)26)12(6)27/h7-12,22-27H,1-6H3. The maximum absolute atomic E-state index is 9.97. The van der Waals surface area contributed by atoms with E-state index in [4.69, 9.17) is 0 Å². The van der Waals surface area contributed by atoms with E-state index in [-0.39, 0.29) is 17.8 Å². The third kappa shape index (κ3) is 5.57. The molecule has 1 rings (SSSR count). The lowest BCUT2D eigenvalue weighted by molar-refractivity contribution is 0.0978. The first kappa shape index (κ1) is 23.2. The Bertz CT molecular complexity index is 481. The van der Waals surface area contributed by atoms with Gasteiger partial charge in [0.25, 0.3) is 0 Å². The van der Waals surface area contributed by atoms with E-state index in [1.54, 1.807) is 0 Å². The second kappa shape index (κ2) is 9.39. The molecule has 27 heavy (non-hydrogen) atoms. The summed E-state index contributed by atoms with van der Waals surface area (Å²) in [7, 11) is 0. The molecule has 0 amide bonds. The molecule has 12 nitrogen and oxygen atoms in total. The third-order valence-electron chi connectivity index (χ3n) is 3.71. The smallest absolute Gasteiger partial charge is 0.236 e. The molecule has 1 aromatic heterocycles. The maximum atomic E-state index is 9.97. The van der Waals surface area contributed by atoms with Crippen LogP contribution in [0.2, 0.25) is 0 Å². The molecule has 6 atom stereocenters. The van der Waals surface area contributed by atoms with Crippen molar-refractivity contribution in [2.24, 2.45) is 0 Å². The minimum atomic E-state index is -1.19. The highest BCUT2D eigenvalue weighted by Gasteiger charge is 2.29. The molecule has 0 aliphatic rings. The van der Waals surface area contributed by atoms with E-state index in [9.17, 15) is 30.6 Å². The highest BCUT2D eigenvalue weighted by Crippen LogP contribution is 2.24. The van der Waals surface area contributed by atoms with Crippen molar-refractivity contribution in [2.75, 3.05) is 14.7 Å². The first-order chi connectivity index (χ1) is 12.4. The molecule has 6 N–H and O–H groups in total. The van der Waals surface area contributed by atoms with Gasteiger partial charge in [-0.25, -0.2) is 0 Å². The van der Waals surface area contributed by atoms with Gasteiger partial charge in [-0.05, 0) is 41.5 Å². The predicted molar refractivity (Wildman–Crippen MR) is 97.3 cm³/mol. The lowest BCUT2D eigenvalue weighted by Crippen LogP contribution is -2.46. The fourth-order valence-corrected chi connectivity index (χ4v) is 2.63. The van der Waals surface area contributed by atoms with Gasteiger partial charge in [0, 0.05) is 0 Å². The average Bonchev–Trinajstić information content (AvgIpc) is 2.44. The molecular weight excluding hydrogens is 360 g/mol. The molecule has 1 aromatic rings. The van der Waals surface area contributed by atoms with Crippen molar-refractivity contribution < 1.29 is 30.6 Å². The topological polar surface area (TPSA) is 170 Å². The number of aliphatic hydroxyl groups is 6. The number of aliphatic hydroxyl groups excluding tert-OH is 6. The second-order valence-electron chi connectivity index (χ2n) is 6.25. The van der Waals surface area contributed by atoms with Crippen molar-refractivity contribution in [1.29, 1.82) is 0 Å². The van der Waals surface area contributed by atoms with Crippen LogP contribution in [-0.4, -0.2) is 83.0 Å². The van der Waals surface area contributed by atoms with E-state index in [1.807, 2.05) is 0 Å². The van der Waals surface area contributed by atoms with Gasteiger partial charge in [0.15, 0.2) is 0 Å². The molecule has 0 fully saturated rings. The van der Waals surface area contributed by atoms with E-state index in [2.05, 4.69) is 15.0 Å². The Morgan fingerprint density at radius 2 is 0.593 bits per heavy atom. The largest absolute Gasteiger partial charge is 0.374 e. The van der Waals surface area contributed by atoms with E-state index >= 15 is 0 Å². The lowest BCUT2D eigenvalue weighted by Gasteiger charge is -2.34. The van der Waals surface area contributed by atoms with E-state index in [0.29, 0.717) is 0 Å². The van der Waals surface area contributed by atoms with Crippen LogP contribution in [0.3, 0.4) is 0 Å². The molecule has 12 heteroatoms. The van der Waals surface area contributed by atoms with E-state index in [0.717, 1.165) is 14.7 Å². The molecule has 0 bridgehead atoms. The summed E-state index contributed by atoms with van der Waals surface area (Å²) in [6.07, 6.45) is -7.13. The Labute approximate surface area is 158 Å². The maximum Gasteiger partial charge on any atom is 0.236 e. The van der Waals surface area contributed by atoms with Crippen LogP contribution in [0, 0.1) is 0 Å². The number of hydrogen-bond donors (Lipinski definition) is 6. The summed E-state index contributed by atoms with van der Waals surface area (Å²) in [5.74, 6) is -0.548. The van der Waals surface area contributed by atoms with Crippen molar-refractivity contribution in [2.45, 2.75) is 78.9 Å². The number of rotatable bonds is 9. The fraction of sp³-hybridized carbons (Fsp3) is 0.800. The molecule has 0 saturated carbocycles. The Morgan fingerprint density at radius 3 is 0.704 bits per heavy atom. The van der Waals surface area contributed by atoms with Crippen LogP contribution in [0.5, 0.6) is 0 Å². The van der Waals surface area contributed by atoms with Gasteiger partial charge in [-0.1, -0.05) is 0 Å². The first-order valence-corrected chi connectivity index (χ1v) is 8.57. The molecule has 1 heterocycles. The monoisotopic (exact) mass is 390 g/mol. The summed E-state index contributed by atoms with van der Waals surface area (Å²) < 4.78 is 0. The normalized spacial score (nSPS) is 18.2. The van der Waals surface area contributed by atoms with Gasteiger partial charge in [-0.3, -0.25) is 14.7 Å². The van der Waals surface area contributed by atoms with Crippen molar-refractivity contribution in [1.82, 2.24) is 15.0 Å². The molecule has 0 aliphatic carbocycles. The van der Waals surface area contributed by atoms with Gasteiger partial charge >= 0.3 is 0 Å². The van der Waals surface area contributed by atoms with Crippen molar-refractivity contribution in [3.05, 3.63) is 0 Å². The summed E-state index contributed by atoms with van der Waals surface area (Å²) in [6, 6.07) is 0. The van der Waals surface area contributed by atoms with Gasteiger partial charge in [0.2, 0.25) is 17.8 Å². The number of nitrogens with zero attached hydrogens (tertiary/aromatic N) is 6. The zero-order valence-electron chi connectivity index (χ0n) is 16.3. The van der Waals surface area contributed by atoms with Crippen LogP contribution in [-0.2, 0) is 0 Å². The van der Waals surface area contributed by atoms with E-state index in [1.165, 1.54) is 41.5 Å².